The third-order valence-electron chi connectivity index (χ3n) is 3.05. The predicted molar refractivity (Wildman–Crippen MR) is 60.6 cm³/mol. The second kappa shape index (κ2) is 3.75. The Kier molecular flexibility index (Phi) is 2.55. The van der Waals surface area contributed by atoms with Crippen LogP contribution < -0.4 is 4.90 Å². The Hall–Kier alpha value is -1.62. The lowest BCUT2D eigenvalue weighted by Gasteiger charge is -2.47. The van der Waals surface area contributed by atoms with Crippen molar-refractivity contribution in [3.63, 3.8) is 0 Å². The lowest BCUT2D eigenvalue weighted by atomic mass is 9.90. The minimum atomic E-state index is -0.677. The van der Waals surface area contributed by atoms with Crippen molar-refractivity contribution in [3.05, 3.63) is 34.4 Å². The standard InChI is InChI=1S/C11H14N2O3/c1-2-11(14)7-12(8-11)9-5-3-4-6-10(9)13(15)16/h3-6,14H,2,7-8H2,1H3. The van der Waals surface area contributed by atoms with E-state index in [1.807, 2.05) is 11.8 Å². The summed E-state index contributed by atoms with van der Waals surface area (Å²) in [6.45, 7) is 2.85. The first-order chi connectivity index (χ1) is 7.56. The minimum Gasteiger partial charge on any atom is -0.386 e. The number of para-hydroxylation sites is 2. The molecule has 2 rings (SSSR count). The van der Waals surface area contributed by atoms with Crippen molar-refractivity contribution in [2.75, 3.05) is 18.0 Å². The third kappa shape index (κ3) is 1.74. The molecule has 0 aromatic heterocycles. The third-order valence-corrected chi connectivity index (χ3v) is 3.05. The Bertz CT molecular complexity index is 413. The molecule has 0 radical (unpaired) electrons. The smallest absolute Gasteiger partial charge is 0.292 e. The van der Waals surface area contributed by atoms with Crippen LogP contribution in [0.1, 0.15) is 13.3 Å². The summed E-state index contributed by atoms with van der Waals surface area (Å²) in [5.41, 5.74) is 0.00949. The average molecular weight is 222 g/mol. The molecule has 5 nitrogen and oxygen atoms in total. The Morgan fingerprint density at radius 2 is 2.12 bits per heavy atom. The van der Waals surface area contributed by atoms with E-state index in [-0.39, 0.29) is 5.69 Å². The van der Waals surface area contributed by atoms with E-state index in [4.69, 9.17) is 0 Å². The van der Waals surface area contributed by atoms with E-state index >= 15 is 0 Å². The Morgan fingerprint density at radius 3 is 2.69 bits per heavy atom. The van der Waals surface area contributed by atoms with Crippen molar-refractivity contribution in [1.82, 2.24) is 0 Å². The first-order valence-corrected chi connectivity index (χ1v) is 5.26. The molecule has 1 aliphatic rings. The number of benzene rings is 1. The molecule has 0 atom stereocenters. The predicted octanol–water partition coefficient (Wildman–Crippen LogP) is 1.56. The van der Waals surface area contributed by atoms with Crippen molar-refractivity contribution >= 4 is 11.4 Å². The van der Waals surface area contributed by atoms with Crippen LogP contribution in [0.5, 0.6) is 0 Å². The maximum atomic E-state index is 10.8. The fourth-order valence-corrected chi connectivity index (χ4v) is 1.94. The van der Waals surface area contributed by atoms with Gasteiger partial charge in [-0.2, -0.15) is 0 Å². The van der Waals surface area contributed by atoms with Crippen molar-refractivity contribution in [1.29, 1.82) is 0 Å². The van der Waals surface area contributed by atoms with Gasteiger partial charge in [0.05, 0.1) is 10.5 Å². The molecule has 0 saturated carbocycles. The van der Waals surface area contributed by atoms with Crippen molar-refractivity contribution in [2.24, 2.45) is 0 Å². The molecular formula is C11H14N2O3. The van der Waals surface area contributed by atoms with Crippen LogP contribution in [0.3, 0.4) is 0 Å². The molecule has 5 heteroatoms. The lowest BCUT2D eigenvalue weighted by molar-refractivity contribution is -0.384. The van der Waals surface area contributed by atoms with Crippen molar-refractivity contribution in [2.45, 2.75) is 18.9 Å². The fraction of sp³-hybridized carbons (Fsp3) is 0.455. The number of rotatable bonds is 3. The van der Waals surface area contributed by atoms with Crippen molar-refractivity contribution in [3.8, 4) is 0 Å². The number of hydrogen-bond donors (Lipinski definition) is 1. The maximum Gasteiger partial charge on any atom is 0.292 e. The molecule has 0 amide bonds. The minimum absolute atomic E-state index is 0.0978. The number of nitro groups is 1. The first kappa shape index (κ1) is 10.9. The molecule has 1 heterocycles. The molecular weight excluding hydrogens is 208 g/mol. The van der Waals surface area contributed by atoms with Crippen LogP contribution in [-0.2, 0) is 0 Å². The van der Waals surface area contributed by atoms with Gasteiger partial charge in [-0.1, -0.05) is 19.1 Å². The normalized spacial score (nSPS) is 18.0. The molecule has 16 heavy (non-hydrogen) atoms. The monoisotopic (exact) mass is 222 g/mol. The SMILES string of the molecule is CCC1(O)CN(c2ccccc2[N+](=O)[O-])C1. The Labute approximate surface area is 93.5 Å². The average Bonchev–Trinajstić information content (AvgIpc) is 2.24. The van der Waals surface area contributed by atoms with Gasteiger partial charge in [0.25, 0.3) is 5.69 Å². The molecule has 0 unspecified atom stereocenters. The van der Waals surface area contributed by atoms with Crippen LogP contribution in [0.2, 0.25) is 0 Å². The highest BCUT2D eigenvalue weighted by molar-refractivity contribution is 5.65. The number of anilines is 1. The van der Waals surface area contributed by atoms with Gasteiger partial charge in [-0.3, -0.25) is 10.1 Å². The summed E-state index contributed by atoms with van der Waals surface area (Å²) in [7, 11) is 0. The molecule has 0 bridgehead atoms. The number of aliphatic hydroxyl groups is 1. The first-order valence-electron chi connectivity index (χ1n) is 5.26. The zero-order chi connectivity index (χ0) is 11.8. The van der Waals surface area contributed by atoms with Gasteiger partial charge in [0.2, 0.25) is 0 Å². The van der Waals surface area contributed by atoms with E-state index < -0.39 is 10.5 Å². The molecule has 86 valence electrons. The summed E-state index contributed by atoms with van der Waals surface area (Å²) in [5, 5.41) is 20.7. The van der Waals surface area contributed by atoms with Gasteiger partial charge in [-0.15, -0.1) is 0 Å². The van der Waals surface area contributed by atoms with Gasteiger partial charge < -0.3 is 10.0 Å². The van der Waals surface area contributed by atoms with E-state index in [2.05, 4.69) is 0 Å². The van der Waals surface area contributed by atoms with Gasteiger partial charge in [0.1, 0.15) is 5.69 Å². The van der Waals surface area contributed by atoms with Gasteiger partial charge in [0.15, 0.2) is 0 Å². The van der Waals surface area contributed by atoms with Crippen LogP contribution >= 0.6 is 0 Å². The number of β-amino-alcohol motifs (C(OH)–C–C–N with tert-alkyl or cyclic N) is 1. The van der Waals surface area contributed by atoms with E-state index in [1.165, 1.54) is 6.07 Å². The van der Waals surface area contributed by atoms with E-state index in [0.717, 1.165) is 0 Å². The second-order valence-corrected chi connectivity index (χ2v) is 4.18. The van der Waals surface area contributed by atoms with E-state index in [1.54, 1.807) is 18.2 Å². The zero-order valence-corrected chi connectivity index (χ0v) is 9.09. The van der Waals surface area contributed by atoms with E-state index in [9.17, 15) is 15.2 Å². The molecule has 1 N–H and O–H groups in total. The van der Waals surface area contributed by atoms with Crippen LogP contribution in [0.15, 0.2) is 24.3 Å². The summed E-state index contributed by atoms with van der Waals surface area (Å²) in [4.78, 5) is 12.3. The summed E-state index contributed by atoms with van der Waals surface area (Å²) in [5.74, 6) is 0. The van der Waals surface area contributed by atoms with Crippen LogP contribution in [0.25, 0.3) is 0 Å². The molecule has 1 aromatic carbocycles. The van der Waals surface area contributed by atoms with Crippen LogP contribution in [-0.4, -0.2) is 28.7 Å². The summed E-state index contributed by atoms with van der Waals surface area (Å²) in [6.07, 6.45) is 0.671. The molecule has 0 aliphatic carbocycles. The Balaban J connectivity index is 2.21. The molecule has 1 aliphatic heterocycles. The largest absolute Gasteiger partial charge is 0.386 e. The molecule has 1 saturated heterocycles. The van der Waals surface area contributed by atoms with Gasteiger partial charge in [-0.05, 0) is 12.5 Å². The molecule has 1 aromatic rings. The van der Waals surface area contributed by atoms with Crippen LogP contribution in [0.4, 0.5) is 11.4 Å². The highest BCUT2D eigenvalue weighted by Crippen LogP contribution is 2.35. The zero-order valence-electron chi connectivity index (χ0n) is 9.09. The topological polar surface area (TPSA) is 66.6 Å². The highest BCUT2D eigenvalue weighted by Gasteiger charge is 2.41. The van der Waals surface area contributed by atoms with Crippen LogP contribution in [0, 0.1) is 10.1 Å². The quantitative estimate of drug-likeness (QED) is 0.622. The van der Waals surface area contributed by atoms with E-state index in [0.29, 0.717) is 25.2 Å². The summed E-state index contributed by atoms with van der Waals surface area (Å²) in [6, 6.07) is 6.62. The summed E-state index contributed by atoms with van der Waals surface area (Å²) < 4.78 is 0. The van der Waals surface area contributed by atoms with Gasteiger partial charge in [0, 0.05) is 19.2 Å². The van der Waals surface area contributed by atoms with Gasteiger partial charge in [-0.25, -0.2) is 0 Å². The number of nitrogens with zero attached hydrogens (tertiary/aromatic N) is 2. The second-order valence-electron chi connectivity index (χ2n) is 4.18. The number of hydrogen-bond acceptors (Lipinski definition) is 4. The van der Waals surface area contributed by atoms with Crippen molar-refractivity contribution < 1.29 is 10.0 Å². The fourth-order valence-electron chi connectivity index (χ4n) is 1.94. The Morgan fingerprint density at radius 1 is 1.50 bits per heavy atom. The summed E-state index contributed by atoms with van der Waals surface area (Å²) >= 11 is 0. The van der Waals surface area contributed by atoms with Gasteiger partial charge >= 0.3 is 0 Å². The number of nitro benzene ring substituents is 1. The lowest BCUT2D eigenvalue weighted by Crippen LogP contribution is -2.61. The maximum absolute atomic E-state index is 10.8. The molecule has 0 spiro atoms. The molecule has 1 fully saturated rings. The highest BCUT2D eigenvalue weighted by atomic mass is 16.6.